The van der Waals surface area contributed by atoms with Crippen LogP contribution in [0.4, 0.5) is 0 Å². The number of halogens is 1. The maximum absolute atomic E-state index is 4.62. The first-order valence-corrected chi connectivity index (χ1v) is 9.34. The molecule has 0 unspecified atom stereocenters. The molecule has 0 saturated carbocycles. The molecule has 3 aromatic rings. The lowest BCUT2D eigenvalue weighted by Gasteiger charge is -2.12. The number of hydrogen-bond acceptors (Lipinski definition) is 4. The van der Waals surface area contributed by atoms with Gasteiger partial charge in [0.1, 0.15) is 10.8 Å². The van der Waals surface area contributed by atoms with E-state index < -0.39 is 0 Å². The van der Waals surface area contributed by atoms with E-state index in [1.807, 2.05) is 25.3 Å². The van der Waals surface area contributed by atoms with Gasteiger partial charge in [-0.1, -0.05) is 12.1 Å². The minimum atomic E-state index is 0. The Kier molecular flexibility index (Phi) is 7.83. The van der Waals surface area contributed by atoms with E-state index in [9.17, 15) is 0 Å². The Labute approximate surface area is 175 Å². The molecule has 0 aliphatic rings. The van der Waals surface area contributed by atoms with Crippen LogP contribution in [-0.4, -0.2) is 33.6 Å². The number of fused-ring (bicyclic) bond motifs is 1. The van der Waals surface area contributed by atoms with Crippen LogP contribution < -0.4 is 10.6 Å². The molecular weight excluding hydrogens is 459 g/mol. The predicted octanol–water partition coefficient (Wildman–Crippen LogP) is 3.48. The van der Waals surface area contributed by atoms with Crippen molar-refractivity contribution in [3.05, 3.63) is 46.2 Å². The van der Waals surface area contributed by atoms with Crippen LogP contribution in [0, 0.1) is 13.8 Å². The van der Waals surface area contributed by atoms with Gasteiger partial charge in [-0.05, 0) is 32.9 Å². The Morgan fingerprint density at radius 1 is 1.23 bits per heavy atom. The molecule has 2 heterocycles. The minimum absolute atomic E-state index is 0. The zero-order chi connectivity index (χ0) is 17.6. The third-order valence-electron chi connectivity index (χ3n) is 3.86. The molecule has 1 aromatic carbocycles. The maximum Gasteiger partial charge on any atom is 0.191 e. The van der Waals surface area contributed by atoms with Gasteiger partial charge in [0.05, 0.1) is 17.6 Å². The van der Waals surface area contributed by atoms with E-state index in [0.29, 0.717) is 6.54 Å². The Balaban J connectivity index is 0.00000243. The molecule has 0 spiro atoms. The first kappa shape index (κ1) is 20.6. The molecule has 8 heteroatoms. The lowest BCUT2D eigenvalue weighted by Crippen LogP contribution is -2.38. The summed E-state index contributed by atoms with van der Waals surface area (Å²) < 4.78 is 2.23. The van der Waals surface area contributed by atoms with Gasteiger partial charge in [0.25, 0.3) is 0 Å². The summed E-state index contributed by atoms with van der Waals surface area (Å²) in [4.78, 5) is 14.8. The van der Waals surface area contributed by atoms with Gasteiger partial charge >= 0.3 is 0 Å². The molecular formula is C18H25IN6S. The van der Waals surface area contributed by atoms with Gasteiger partial charge in [0.2, 0.25) is 0 Å². The Hall–Kier alpha value is -1.68. The van der Waals surface area contributed by atoms with E-state index in [1.165, 1.54) is 10.4 Å². The normalized spacial score (nSPS) is 11.4. The highest BCUT2D eigenvalue weighted by Crippen LogP contribution is 2.15. The van der Waals surface area contributed by atoms with E-state index in [2.05, 4.69) is 56.1 Å². The summed E-state index contributed by atoms with van der Waals surface area (Å²) in [6.07, 6.45) is 1.89. The fourth-order valence-electron chi connectivity index (χ4n) is 2.73. The predicted molar refractivity (Wildman–Crippen MR) is 120 cm³/mol. The van der Waals surface area contributed by atoms with Crippen molar-refractivity contribution < 1.29 is 0 Å². The average Bonchev–Trinajstić information content (AvgIpc) is 3.16. The number of aromatic nitrogens is 3. The SMILES string of the molecule is CCNC(=NCc1ncc(C)s1)NCCn1c(C)nc2ccccc21.I. The van der Waals surface area contributed by atoms with Crippen molar-refractivity contribution in [2.24, 2.45) is 4.99 Å². The number of thiazole rings is 1. The molecule has 140 valence electrons. The molecule has 3 rings (SSSR count). The first-order chi connectivity index (χ1) is 12.2. The van der Waals surface area contributed by atoms with Gasteiger partial charge in [-0.3, -0.25) is 0 Å². The number of nitrogens with one attached hydrogen (secondary N) is 2. The van der Waals surface area contributed by atoms with Crippen LogP contribution in [0.1, 0.15) is 22.6 Å². The second-order valence-electron chi connectivity index (χ2n) is 5.79. The highest BCUT2D eigenvalue weighted by molar-refractivity contribution is 14.0. The summed E-state index contributed by atoms with van der Waals surface area (Å²) in [7, 11) is 0. The minimum Gasteiger partial charge on any atom is -0.357 e. The Morgan fingerprint density at radius 3 is 2.77 bits per heavy atom. The van der Waals surface area contributed by atoms with Crippen molar-refractivity contribution in [1.29, 1.82) is 0 Å². The van der Waals surface area contributed by atoms with Gasteiger partial charge in [-0.15, -0.1) is 35.3 Å². The second-order valence-corrected chi connectivity index (χ2v) is 7.11. The summed E-state index contributed by atoms with van der Waals surface area (Å²) in [6.45, 7) is 9.22. The van der Waals surface area contributed by atoms with Gasteiger partial charge in [-0.2, -0.15) is 0 Å². The van der Waals surface area contributed by atoms with Crippen LogP contribution >= 0.6 is 35.3 Å². The van der Waals surface area contributed by atoms with Crippen molar-refractivity contribution in [2.45, 2.75) is 33.9 Å². The molecule has 6 nitrogen and oxygen atoms in total. The number of imidazole rings is 1. The smallest absolute Gasteiger partial charge is 0.191 e. The topological polar surface area (TPSA) is 67.1 Å². The Bertz CT molecular complexity index is 870. The number of guanidine groups is 1. The molecule has 0 fully saturated rings. The van der Waals surface area contributed by atoms with Crippen molar-refractivity contribution in [3.8, 4) is 0 Å². The molecule has 0 bridgehead atoms. The molecule has 2 aromatic heterocycles. The summed E-state index contributed by atoms with van der Waals surface area (Å²) in [5, 5.41) is 7.71. The van der Waals surface area contributed by atoms with Crippen LogP contribution in [0.5, 0.6) is 0 Å². The average molecular weight is 484 g/mol. The van der Waals surface area contributed by atoms with Crippen molar-refractivity contribution in [1.82, 2.24) is 25.2 Å². The first-order valence-electron chi connectivity index (χ1n) is 8.52. The van der Waals surface area contributed by atoms with Crippen molar-refractivity contribution >= 4 is 52.3 Å². The highest BCUT2D eigenvalue weighted by atomic mass is 127. The molecule has 0 radical (unpaired) electrons. The molecule has 2 N–H and O–H groups in total. The Morgan fingerprint density at radius 2 is 2.04 bits per heavy atom. The van der Waals surface area contributed by atoms with E-state index in [0.717, 1.165) is 41.9 Å². The zero-order valence-electron chi connectivity index (χ0n) is 15.3. The van der Waals surface area contributed by atoms with Crippen molar-refractivity contribution in [2.75, 3.05) is 13.1 Å². The standard InChI is InChI=1S/C18H24N6S.HI/c1-4-19-18(22-12-17-21-11-13(2)25-17)20-9-10-24-14(3)23-15-7-5-6-8-16(15)24;/h5-8,11H,4,9-10,12H2,1-3H3,(H2,19,20,22);1H. The second kappa shape index (κ2) is 9.86. The lowest BCUT2D eigenvalue weighted by atomic mass is 10.3. The monoisotopic (exact) mass is 484 g/mol. The van der Waals surface area contributed by atoms with E-state index in [4.69, 9.17) is 0 Å². The number of rotatable bonds is 6. The number of hydrogen-bond donors (Lipinski definition) is 2. The van der Waals surface area contributed by atoms with Crippen LogP contribution in [0.15, 0.2) is 35.5 Å². The van der Waals surface area contributed by atoms with Gasteiger partial charge in [0, 0.05) is 30.7 Å². The summed E-state index contributed by atoms with van der Waals surface area (Å²) in [5.74, 6) is 1.85. The molecule has 26 heavy (non-hydrogen) atoms. The zero-order valence-corrected chi connectivity index (χ0v) is 18.5. The largest absolute Gasteiger partial charge is 0.357 e. The number of para-hydroxylation sites is 2. The molecule has 0 amide bonds. The fraction of sp³-hybridized carbons (Fsp3) is 0.389. The quantitative estimate of drug-likeness (QED) is 0.320. The molecule has 0 saturated heterocycles. The summed E-state index contributed by atoms with van der Waals surface area (Å²) in [6, 6.07) is 8.23. The van der Waals surface area contributed by atoms with Crippen LogP contribution in [-0.2, 0) is 13.1 Å². The highest BCUT2D eigenvalue weighted by Gasteiger charge is 2.06. The van der Waals surface area contributed by atoms with E-state index in [1.54, 1.807) is 11.3 Å². The third kappa shape index (κ3) is 5.16. The molecule has 0 atom stereocenters. The summed E-state index contributed by atoms with van der Waals surface area (Å²) >= 11 is 1.69. The fourth-order valence-corrected chi connectivity index (χ4v) is 3.44. The molecule has 0 aliphatic heterocycles. The van der Waals surface area contributed by atoms with Crippen LogP contribution in [0.2, 0.25) is 0 Å². The number of aliphatic imine (C=N–C) groups is 1. The van der Waals surface area contributed by atoms with E-state index >= 15 is 0 Å². The van der Waals surface area contributed by atoms with Gasteiger partial charge < -0.3 is 15.2 Å². The van der Waals surface area contributed by atoms with Gasteiger partial charge in [0.15, 0.2) is 5.96 Å². The number of nitrogens with zero attached hydrogens (tertiary/aromatic N) is 4. The molecule has 0 aliphatic carbocycles. The van der Waals surface area contributed by atoms with Crippen LogP contribution in [0.3, 0.4) is 0 Å². The third-order valence-corrected chi connectivity index (χ3v) is 4.76. The summed E-state index contributed by atoms with van der Waals surface area (Å²) in [5.41, 5.74) is 2.21. The van der Waals surface area contributed by atoms with E-state index in [-0.39, 0.29) is 24.0 Å². The van der Waals surface area contributed by atoms with Gasteiger partial charge in [-0.25, -0.2) is 15.0 Å². The lowest BCUT2D eigenvalue weighted by molar-refractivity contribution is 0.660. The maximum atomic E-state index is 4.62. The van der Waals surface area contributed by atoms with Crippen LogP contribution in [0.25, 0.3) is 11.0 Å². The number of benzene rings is 1. The van der Waals surface area contributed by atoms with Crippen molar-refractivity contribution in [3.63, 3.8) is 0 Å². The number of aryl methyl sites for hydroxylation is 2.